The molecule has 2 N–H and O–H groups in total. The number of pyridine rings is 1. The fourth-order valence-corrected chi connectivity index (χ4v) is 2.11. The van der Waals surface area contributed by atoms with E-state index in [0.717, 1.165) is 19.3 Å². The molecular formula is C13H18N2O3. The van der Waals surface area contributed by atoms with Crippen molar-refractivity contribution < 1.29 is 14.6 Å². The van der Waals surface area contributed by atoms with Crippen molar-refractivity contribution in [2.75, 3.05) is 11.9 Å². The van der Waals surface area contributed by atoms with Gasteiger partial charge in [-0.3, -0.25) is 0 Å². The third kappa shape index (κ3) is 2.98. The van der Waals surface area contributed by atoms with Crippen LogP contribution in [0, 0.1) is 0 Å². The van der Waals surface area contributed by atoms with Gasteiger partial charge in [-0.15, -0.1) is 0 Å². The van der Waals surface area contributed by atoms with E-state index in [1.54, 1.807) is 19.1 Å². The maximum absolute atomic E-state index is 11.4. The Morgan fingerprint density at radius 2 is 2.39 bits per heavy atom. The van der Waals surface area contributed by atoms with E-state index in [2.05, 4.69) is 10.3 Å². The van der Waals surface area contributed by atoms with Crippen molar-refractivity contribution in [3.05, 3.63) is 23.9 Å². The molecule has 0 aromatic carbocycles. The highest BCUT2D eigenvalue weighted by molar-refractivity contribution is 5.89. The van der Waals surface area contributed by atoms with Crippen LogP contribution in [0.1, 0.15) is 36.5 Å². The summed E-state index contributed by atoms with van der Waals surface area (Å²) < 4.78 is 4.88. The van der Waals surface area contributed by atoms with Gasteiger partial charge in [0.25, 0.3) is 0 Å². The van der Waals surface area contributed by atoms with E-state index in [1.807, 2.05) is 0 Å². The van der Waals surface area contributed by atoms with Gasteiger partial charge in [0.2, 0.25) is 0 Å². The Labute approximate surface area is 106 Å². The molecular weight excluding hydrogens is 232 g/mol. The molecule has 18 heavy (non-hydrogen) atoms. The minimum Gasteiger partial charge on any atom is -0.462 e. The average molecular weight is 250 g/mol. The molecule has 0 saturated heterocycles. The minimum atomic E-state index is -0.363. The molecule has 0 radical (unpaired) electrons. The van der Waals surface area contributed by atoms with Crippen molar-refractivity contribution in [3.8, 4) is 0 Å². The number of ether oxygens (including phenoxy) is 1. The van der Waals surface area contributed by atoms with Crippen molar-refractivity contribution >= 4 is 11.8 Å². The molecule has 2 atom stereocenters. The molecule has 2 rings (SSSR count). The molecule has 0 amide bonds. The van der Waals surface area contributed by atoms with Crippen LogP contribution in [-0.4, -0.2) is 34.8 Å². The Kier molecular flexibility index (Phi) is 4.15. The quantitative estimate of drug-likeness (QED) is 0.794. The zero-order chi connectivity index (χ0) is 13.0. The second-order valence-corrected chi connectivity index (χ2v) is 4.40. The standard InChI is InChI=1S/C13H18N2O3/c1-2-18-13(17)9-6-7-12(14-8-9)15-10-4-3-5-11(10)16/h6-8,10-11,16H,2-5H2,1H3,(H,14,15)/t10-,11-/m1/s1. The molecule has 1 heterocycles. The summed E-state index contributed by atoms with van der Waals surface area (Å²) >= 11 is 0. The molecule has 0 bridgehead atoms. The Morgan fingerprint density at radius 1 is 1.56 bits per heavy atom. The van der Waals surface area contributed by atoms with Gasteiger partial charge in [-0.05, 0) is 38.3 Å². The predicted octanol–water partition coefficient (Wildman–Crippen LogP) is 1.58. The third-order valence-corrected chi connectivity index (χ3v) is 3.09. The van der Waals surface area contributed by atoms with E-state index in [1.165, 1.54) is 6.20 Å². The SMILES string of the molecule is CCOC(=O)c1ccc(N[C@@H]2CCC[C@H]2O)nc1. The Hall–Kier alpha value is -1.62. The minimum absolute atomic E-state index is 0.0611. The topological polar surface area (TPSA) is 71.5 Å². The average Bonchev–Trinajstić information content (AvgIpc) is 2.76. The summed E-state index contributed by atoms with van der Waals surface area (Å²) in [7, 11) is 0. The number of aliphatic hydroxyl groups is 1. The number of carbonyl (C=O) groups is 1. The molecule has 1 saturated carbocycles. The normalized spacial score (nSPS) is 22.8. The van der Waals surface area contributed by atoms with Gasteiger partial charge in [-0.1, -0.05) is 0 Å². The summed E-state index contributed by atoms with van der Waals surface area (Å²) in [5.41, 5.74) is 0.439. The third-order valence-electron chi connectivity index (χ3n) is 3.09. The van der Waals surface area contributed by atoms with E-state index >= 15 is 0 Å². The molecule has 0 spiro atoms. The van der Waals surface area contributed by atoms with E-state index in [-0.39, 0.29) is 18.1 Å². The van der Waals surface area contributed by atoms with Gasteiger partial charge in [0.1, 0.15) is 5.82 Å². The number of hydrogen-bond donors (Lipinski definition) is 2. The molecule has 1 aromatic rings. The first kappa shape index (κ1) is 12.8. The largest absolute Gasteiger partial charge is 0.462 e. The zero-order valence-corrected chi connectivity index (χ0v) is 10.4. The lowest BCUT2D eigenvalue weighted by atomic mass is 10.2. The highest BCUT2D eigenvalue weighted by atomic mass is 16.5. The van der Waals surface area contributed by atoms with Crippen LogP contribution in [0.25, 0.3) is 0 Å². The number of carbonyl (C=O) groups excluding carboxylic acids is 1. The van der Waals surface area contributed by atoms with Crippen LogP contribution in [0.2, 0.25) is 0 Å². The first-order chi connectivity index (χ1) is 8.70. The van der Waals surface area contributed by atoms with Crippen LogP contribution in [0.4, 0.5) is 5.82 Å². The first-order valence-electron chi connectivity index (χ1n) is 6.28. The van der Waals surface area contributed by atoms with Gasteiger partial charge < -0.3 is 15.2 Å². The highest BCUT2D eigenvalue weighted by Gasteiger charge is 2.25. The summed E-state index contributed by atoms with van der Waals surface area (Å²) in [5.74, 6) is 0.312. The second kappa shape index (κ2) is 5.82. The second-order valence-electron chi connectivity index (χ2n) is 4.40. The zero-order valence-electron chi connectivity index (χ0n) is 10.4. The van der Waals surface area contributed by atoms with Crippen LogP contribution in [0.15, 0.2) is 18.3 Å². The molecule has 1 aliphatic rings. The number of esters is 1. The van der Waals surface area contributed by atoms with E-state index < -0.39 is 0 Å². The molecule has 1 aliphatic carbocycles. The fourth-order valence-electron chi connectivity index (χ4n) is 2.11. The van der Waals surface area contributed by atoms with Crippen LogP contribution in [0.5, 0.6) is 0 Å². The van der Waals surface area contributed by atoms with E-state index in [9.17, 15) is 9.90 Å². The Balaban J connectivity index is 1.97. The number of hydrogen-bond acceptors (Lipinski definition) is 5. The lowest BCUT2D eigenvalue weighted by Gasteiger charge is -2.16. The molecule has 1 fully saturated rings. The van der Waals surface area contributed by atoms with Gasteiger partial charge in [-0.25, -0.2) is 9.78 Å². The monoisotopic (exact) mass is 250 g/mol. The molecule has 0 unspecified atom stereocenters. The van der Waals surface area contributed by atoms with Crippen LogP contribution in [0.3, 0.4) is 0 Å². The maximum atomic E-state index is 11.4. The van der Waals surface area contributed by atoms with Gasteiger partial charge in [0.05, 0.1) is 24.3 Å². The number of rotatable bonds is 4. The molecule has 0 aliphatic heterocycles. The lowest BCUT2D eigenvalue weighted by Crippen LogP contribution is -2.28. The molecule has 5 nitrogen and oxygen atoms in total. The van der Waals surface area contributed by atoms with Crippen LogP contribution in [-0.2, 0) is 4.74 Å². The van der Waals surface area contributed by atoms with Gasteiger partial charge in [0, 0.05) is 6.20 Å². The van der Waals surface area contributed by atoms with Crippen molar-refractivity contribution in [2.45, 2.75) is 38.3 Å². The van der Waals surface area contributed by atoms with Crippen molar-refractivity contribution in [3.63, 3.8) is 0 Å². The fraction of sp³-hybridized carbons (Fsp3) is 0.538. The highest BCUT2D eigenvalue weighted by Crippen LogP contribution is 2.22. The Morgan fingerprint density at radius 3 is 2.94 bits per heavy atom. The maximum Gasteiger partial charge on any atom is 0.339 e. The molecule has 98 valence electrons. The number of nitrogens with zero attached hydrogens (tertiary/aromatic N) is 1. The predicted molar refractivity (Wildman–Crippen MR) is 67.5 cm³/mol. The lowest BCUT2D eigenvalue weighted by molar-refractivity contribution is 0.0526. The molecule has 5 heteroatoms. The van der Waals surface area contributed by atoms with Crippen molar-refractivity contribution in [1.82, 2.24) is 4.98 Å². The number of aromatic nitrogens is 1. The van der Waals surface area contributed by atoms with Crippen molar-refractivity contribution in [2.24, 2.45) is 0 Å². The van der Waals surface area contributed by atoms with Gasteiger partial charge in [-0.2, -0.15) is 0 Å². The summed E-state index contributed by atoms with van der Waals surface area (Å²) in [6.45, 7) is 2.12. The van der Waals surface area contributed by atoms with E-state index in [0.29, 0.717) is 18.0 Å². The summed E-state index contributed by atoms with van der Waals surface area (Å²) in [4.78, 5) is 15.6. The summed E-state index contributed by atoms with van der Waals surface area (Å²) in [5, 5.41) is 12.9. The Bertz CT molecular complexity index is 405. The number of nitrogens with one attached hydrogen (secondary N) is 1. The summed E-state index contributed by atoms with van der Waals surface area (Å²) in [6, 6.07) is 3.47. The molecule has 1 aromatic heterocycles. The summed E-state index contributed by atoms with van der Waals surface area (Å²) in [6.07, 6.45) is 3.99. The van der Waals surface area contributed by atoms with Crippen LogP contribution >= 0.6 is 0 Å². The van der Waals surface area contributed by atoms with E-state index in [4.69, 9.17) is 4.74 Å². The van der Waals surface area contributed by atoms with Gasteiger partial charge in [0.15, 0.2) is 0 Å². The van der Waals surface area contributed by atoms with Crippen LogP contribution < -0.4 is 5.32 Å². The number of aliphatic hydroxyl groups excluding tert-OH is 1. The van der Waals surface area contributed by atoms with Gasteiger partial charge >= 0.3 is 5.97 Å². The number of anilines is 1. The smallest absolute Gasteiger partial charge is 0.339 e. The van der Waals surface area contributed by atoms with Crippen molar-refractivity contribution in [1.29, 1.82) is 0 Å². The first-order valence-corrected chi connectivity index (χ1v) is 6.28.